The van der Waals surface area contributed by atoms with Crippen molar-refractivity contribution >= 4 is 6.21 Å². The van der Waals surface area contributed by atoms with E-state index in [0.29, 0.717) is 0 Å². The number of hydrogen-bond donors (Lipinski definition) is 0. The maximum absolute atomic E-state index is 4.13. The van der Waals surface area contributed by atoms with Crippen LogP contribution in [0.4, 0.5) is 0 Å². The van der Waals surface area contributed by atoms with Crippen molar-refractivity contribution in [2.24, 2.45) is 4.99 Å². The van der Waals surface area contributed by atoms with Gasteiger partial charge in [-0.25, -0.2) is 0 Å². The average Bonchev–Trinajstić information content (AvgIpc) is 2.41. The Morgan fingerprint density at radius 2 is 2.40 bits per heavy atom. The van der Waals surface area contributed by atoms with Gasteiger partial charge in [-0.1, -0.05) is 25.8 Å². The van der Waals surface area contributed by atoms with Crippen LogP contribution in [0.5, 0.6) is 0 Å². The Kier molecular flexibility index (Phi) is 3.20. The lowest BCUT2D eigenvalue weighted by molar-refractivity contribution is 0.723. The minimum absolute atomic E-state index is 0.918. The van der Waals surface area contributed by atoms with Crippen molar-refractivity contribution in [3.05, 3.63) is 11.6 Å². The van der Waals surface area contributed by atoms with Gasteiger partial charge in [0, 0.05) is 6.21 Å². The molecule has 1 heteroatoms. The van der Waals surface area contributed by atoms with E-state index in [-0.39, 0.29) is 0 Å². The maximum Gasteiger partial charge on any atom is 0.0576 e. The molecule has 0 amide bonds. The average molecular weight is 137 g/mol. The number of nitrogens with zero attached hydrogens (tertiary/aromatic N) is 1. The minimum atomic E-state index is 0.918. The first-order valence-corrected chi connectivity index (χ1v) is 4.12. The Balaban J connectivity index is 2.08. The lowest BCUT2D eigenvalue weighted by Crippen LogP contribution is -1.81. The molecule has 1 aliphatic rings. The second-order valence-corrected chi connectivity index (χ2v) is 2.73. The third-order valence-corrected chi connectivity index (χ3v) is 1.79. The summed E-state index contributed by atoms with van der Waals surface area (Å²) in [6.45, 7) is 3.15. The number of hydrogen-bond acceptors (Lipinski definition) is 1. The van der Waals surface area contributed by atoms with Crippen LogP contribution in [0.2, 0.25) is 0 Å². The molecule has 1 nitrogen and oxygen atoms in total. The van der Waals surface area contributed by atoms with Gasteiger partial charge in [0.1, 0.15) is 0 Å². The van der Waals surface area contributed by atoms with Gasteiger partial charge in [0.2, 0.25) is 0 Å². The summed E-state index contributed by atoms with van der Waals surface area (Å²) >= 11 is 0. The molecule has 56 valence electrons. The molecule has 0 radical (unpaired) electrons. The van der Waals surface area contributed by atoms with Crippen molar-refractivity contribution in [2.75, 3.05) is 6.54 Å². The molecule has 1 rings (SSSR count). The van der Waals surface area contributed by atoms with Gasteiger partial charge >= 0.3 is 0 Å². The summed E-state index contributed by atoms with van der Waals surface area (Å²) in [6.07, 6.45) is 9.45. The molecule has 0 saturated carbocycles. The minimum Gasteiger partial charge on any atom is -0.289 e. The lowest BCUT2D eigenvalue weighted by atomic mass is 10.1. The lowest BCUT2D eigenvalue weighted by Gasteiger charge is -1.95. The fourth-order valence-electron chi connectivity index (χ4n) is 1.14. The Morgan fingerprint density at radius 1 is 1.50 bits per heavy atom. The van der Waals surface area contributed by atoms with E-state index in [1.54, 1.807) is 0 Å². The Bertz CT molecular complexity index is 145. The summed E-state index contributed by atoms with van der Waals surface area (Å²) in [5, 5.41) is 0. The van der Waals surface area contributed by atoms with Gasteiger partial charge in [0.25, 0.3) is 0 Å². The zero-order chi connectivity index (χ0) is 7.23. The molecule has 1 aliphatic heterocycles. The van der Waals surface area contributed by atoms with Crippen molar-refractivity contribution in [1.29, 1.82) is 0 Å². The van der Waals surface area contributed by atoms with E-state index in [0.717, 1.165) is 6.54 Å². The Morgan fingerprint density at radius 3 is 3.00 bits per heavy atom. The van der Waals surface area contributed by atoms with Crippen LogP contribution in [0, 0.1) is 0 Å². The fourth-order valence-corrected chi connectivity index (χ4v) is 1.14. The zero-order valence-electron chi connectivity index (χ0n) is 6.64. The van der Waals surface area contributed by atoms with Gasteiger partial charge < -0.3 is 0 Å². The van der Waals surface area contributed by atoms with E-state index in [9.17, 15) is 0 Å². The summed E-state index contributed by atoms with van der Waals surface area (Å²) in [4.78, 5) is 4.13. The fraction of sp³-hybridized carbons (Fsp3) is 0.667. The van der Waals surface area contributed by atoms with Gasteiger partial charge in [0.05, 0.1) is 6.54 Å². The molecule has 0 aliphatic carbocycles. The van der Waals surface area contributed by atoms with E-state index >= 15 is 0 Å². The van der Waals surface area contributed by atoms with Gasteiger partial charge in [-0.15, -0.1) is 0 Å². The molecule has 0 bridgehead atoms. The highest BCUT2D eigenvalue weighted by Gasteiger charge is 1.96. The van der Waals surface area contributed by atoms with Crippen molar-refractivity contribution in [1.82, 2.24) is 0 Å². The van der Waals surface area contributed by atoms with E-state index in [2.05, 4.69) is 18.0 Å². The summed E-state index contributed by atoms with van der Waals surface area (Å²) < 4.78 is 0. The molecule has 0 spiro atoms. The zero-order valence-corrected chi connectivity index (χ0v) is 6.64. The molecule has 0 aromatic heterocycles. The normalized spacial score (nSPS) is 15.9. The summed E-state index contributed by atoms with van der Waals surface area (Å²) in [5.74, 6) is 0. The topological polar surface area (TPSA) is 12.4 Å². The SMILES string of the molecule is CCCCCC1=CCN=C1. The van der Waals surface area contributed by atoms with Crippen molar-refractivity contribution in [2.45, 2.75) is 32.6 Å². The highest BCUT2D eigenvalue weighted by Crippen LogP contribution is 2.09. The monoisotopic (exact) mass is 137 g/mol. The highest BCUT2D eigenvalue weighted by molar-refractivity contribution is 5.80. The summed E-state index contributed by atoms with van der Waals surface area (Å²) in [7, 11) is 0. The van der Waals surface area contributed by atoms with E-state index in [1.165, 1.54) is 31.3 Å². The quantitative estimate of drug-likeness (QED) is 0.528. The van der Waals surface area contributed by atoms with Gasteiger partial charge in [-0.3, -0.25) is 4.99 Å². The summed E-state index contributed by atoms with van der Waals surface area (Å²) in [5.41, 5.74) is 1.44. The molecule has 0 atom stereocenters. The third kappa shape index (κ3) is 2.34. The second kappa shape index (κ2) is 4.26. The van der Waals surface area contributed by atoms with Crippen LogP contribution in [0.1, 0.15) is 32.6 Å². The second-order valence-electron chi connectivity index (χ2n) is 2.73. The van der Waals surface area contributed by atoms with Crippen LogP contribution in [-0.4, -0.2) is 12.8 Å². The number of rotatable bonds is 4. The van der Waals surface area contributed by atoms with E-state index in [1.807, 2.05) is 6.21 Å². The number of unbranched alkanes of at least 4 members (excludes halogenated alkanes) is 2. The highest BCUT2D eigenvalue weighted by atomic mass is 14.7. The van der Waals surface area contributed by atoms with E-state index in [4.69, 9.17) is 0 Å². The predicted octanol–water partition coefficient (Wildman–Crippen LogP) is 2.58. The first-order valence-electron chi connectivity index (χ1n) is 4.12. The predicted molar refractivity (Wildman–Crippen MR) is 45.6 cm³/mol. The van der Waals surface area contributed by atoms with Crippen LogP contribution in [-0.2, 0) is 0 Å². The molecule has 10 heavy (non-hydrogen) atoms. The van der Waals surface area contributed by atoms with Crippen molar-refractivity contribution in [3.63, 3.8) is 0 Å². The number of aliphatic imine (C=N–C) groups is 1. The number of allylic oxidation sites excluding steroid dienone is 1. The molecule has 0 saturated heterocycles. The Labute approximate surface area is 62.9 Å². The largest absolute Gasteiger partial charge is 0.289 e. The molecule has 0 aromatic carbocycles. The van der Waals surface area contributed by atoms with Crippen LogP contribution < -0.4 is 0 Å². The van der Waals surface area contributed by atoms with Crippen LogP contribution in [0.3, 0.4) is 0 Å². The molecular formula is C9H15N. The Hall–Kier alpha value is -0.590. The van der Waals surface area contributed by atoms with Gasteiger partial charge in [-0.2, -0.15) is 0 Å². The maximum atomic E-state index is 4.13. The molecular weight excluding hydrogens is 122 g/mol. The molecule has 0 N–H and O–H groups in total. The van der Waals surface area contributed by atoms with Crippen molar-refractivity contribution in [3.8, 4) is 0 Å². The van der Waals surface area contributed by atoms with Crippen LogP contribution >= 0.6 is 0 Å². The third-order valence-electron chi connectivity index (χ3n) is 1.79. The van der Waals surface area contributed by atoms with Crippen LogP contribution in [0.25, 0.3) is 0 Å². The molecule has 0 fully saturated rings. The van der Waals surface area contributed by atoms with Crippen molar-refractivity contribution < 1.29 is 0 Å². The van der Waals surface area contributed by atoms with Crippen LogP contribution in [0.15, 0.2) is 16.6 Å². The smallest absolute Gasteiger partial charge is 0.0576 e. The van der Waals surface area contributed by atoms with Gasteiger partial charge in [-0.05, 0) is 18.4 Å². The van der Waals surface area contributed by atoms with Gasteiger partial charge in [0.15, 0.2) is 0 Å². The standard InChI is InChI=1S/C9H15N/c1-2-3-4-5-9-6-7-10-8-9/h6,8H,2-5,7H2,1H3. The summed E-state index contributed by atoms with van der Waals surface area (Å²) in [6, 6.07) is 0. The molecule has 0 aromatic rings. The molecule has 1 heterocycles. The van der Waals surface area contributed by atoms with E-state index < -0.39 is 0 Å². The first kappa shape index (κ1) is 7.52. The molecule has 0 unspecified atom stereocenters. The first-order chi connectivity index (χ1) is 4.93.